The number of carbonyl (C=O) groups excluding carboxylic acids is 1. The van der Waals surface area contributed by atoms with Gasteiger partial charge in [-0.05, 0) is 80.8 Å². The molecule has 0 spiro atoms. The van der Waals surface area contributed by atoms with Gasteiger partial charge in [0.2, 0.25) is 5.91 Å². The van der Waals surface area contributed by atoms with Crippen LogP contribution in [0.5, 0.6) is 5.75 Å². The lowest BCUT2D eigenvalue weighted by Crippen LogP contribution is -2.42. The van der Waals surface area contributed by atoms with Crippen molar-refractivity contribution in [2.45, 2.75) is 32.1 Å². The second-order valence-corrected chi connectivity index (χ2v) is 8.77. The lowest BCUT2D eigenvalue weighted by molar-refractivity contribution is -0.136. The van der Waals surface area contributed by atoms with E-state index in [1.807, 2.05) is 11.0 Å². The van der Waals surface area contributed by atoms with E-state index in [-0.39, 0.29) is 12.5 Å². The molecule has 3 rings (SSSR count). The third kappa shape index (κ3) is 5.69. The molecule has 1 N–H and O–H groups in total. The first-order chi connectivity index (χ1) is 13.1. The summed E-state index contributed by atoms with van der Waals surface area (Å²) >= 11 is 3.67. The molecular weight excluding hydrogens is 408 g/mol. The summed E-state index contributed by atoms with van der Waals surface area (Å²) in [5.41, 5.74) is 1.33. The van der Waals surface area contributed by atoms with Crippen LogP contribution in [-0.4, -0.2) is 67.3 Å². The molecule has 0 radical (unpaired) electrons. The maximum Gasteiger partial charge on any atom is 0.248 e. The Bertz CT molecular complexity index is 640. The molecule has 2 aliphatic heterocycles. The molecule has 2 saturated heterocycles. The van der Waals surface area contributed by atoms with Crippen molar-refractivity contribution < 1.29 is 14.6 Å². The minimum atomic E-state index is -0.361. The zero-order valence-corrected chi connectivity index (χ0v) is 17.8. The van der Waals surface area contributed by atoms with Gasteiger partial charge >= 0.3 is 0 Å². The third-order valence-corrected chi connectivity index (χ3v) is 6.77. The largest absolute Gasteiger partial charge is 0.497 e. The van der Waals surface area contributed by atoms with E-state index >= 15 is 0 Å². The van der Waals surface area contributed by atoms with E-state index in [4.69, 9.17) is 9.84 Å². The Hall–Kier alpha value is -1.11. The van der Waals surface area contributed by atoms with Crippen LogP contribution < -0.4 is 4.74 Å². The Morgan fingerprint density at radius 3 is 2.89 bits per heavy atom. The molecule has 1 amide bonds. The van der Waals surface area contributed by atoms with Crippen LogP contribution in [0.1, 0.15) is 31.2 Å². The molecule has 2 unspecified atom stereocenters. The van der Waals surface area contributed by atoms with E-state index in [0.29, 0.717) is 11.8 Å². The summed E-state index contributed by atoms with van der Waals surface area (Å²) in [4.78, 5) is 16.1. The second-order valence-electron chi connectivity index (χ2n) is 7.91. The number of halogens is 1. The van der Waals surface area contributed by atoms with Gasteiger partial charge in [0.15, 0.2) is 0 Å². The SMILES string of the molecule is COc1ccc(Br)c(CC2CCN(CCC3CCCN(C(=O)CO)C3)C2)c1. The highest BCUT2D eigenvalue weighted by Crippen LogP contribution is 2.29. The molecule has 27 heavy (non-hydrogen) atoms. The summed E-state index contributed by atoms with van der Waals surface area (Å²) in [5, 5.41) is 9.07. The van der Waals surface area contributed by atoms with Crippen LogP contribution in [0.15, 0.2) is 22.7 Å². The van der Waals surface area contributed by atoms with Crippen LogP contribution in [0.3, 0.4) is 0 Å². The van der Waals surface area contributed by atoms with Gasteiger partial charge in [0.1, 0.15) is 12.4 Å². The fourth-order valence-electron chi connectivity index (χ4n) is 4.42. The molecule has 2 heterocycles. The standard InChI is InChI=1S/C21H31BrN2O3/c1-27-19-4-5-20(22)18(12-19)11-17-7-10-23(13-17)9-6-16-3-2-8-24(14-16)21(26)15-25/h4-5,12,16-17,25H,2-3,6-11,13-15H2,1H3. The zero-order valence-electron chi connectivity index (χ0n) is 16.2. The molecule has 0 bridgehead atoms. The van der Waals surface area contributed by atoms with Gasteiger partial charge in [-0.15, -0.1) is 0 Å². The van der Waals surface area contributed by atoms with Crippen molar-refractivity contribution in [1.29, 1.82) is 0 Å². The summed E-state index contributed by atoms with van der Waals surface area (Å²) in [6.45, 7) is 4.68. The summed E-state index contributed by atoms with van der Waals surface area (Å²) in [6.07, 6.45) is 5.72. The Morgan fingerprint density at radius 1 is 1.26 bits per heavy atom. The van der Waals surface area contributed by atoms with E-state index in [0.717, 1.165) is 62.2 Å². The molecular formula is C21H31BrN2O3. The molecule has 2 fully saturated rings. The average Bonchev–Trinajstić information content (AvgIpc) is 3.15. The topological polar surface area (TPSA) is 53.0 Å². The average molecular weight is 439 g/mol. The van der Waals surface area contributed by atoms with Crippen LogP contribution in [-0.2, 0) is 11.2 Å². The Balaban J connectivity index is 1.44. The maximum absolute atomic E-state index is 11.7. The summed E-state index contributed by atoms with van der Waals surface area (Å²) in [6, 6.07) is 6.20. The molecule has 6 heteroatoms. The van der Waals surface area contributed by atoms with Crippen molar-refractivity contribution in [3.63, 3.8) is 0 Å². The summed E-state index contributed by atoms with van der Waals surface area (Å²) in [5.74, 6) is 2.06. The Kier molecular flexibility index (Phi) is 7.56. The molecule has 0 aromatic heterocycles. The maximum atomic E-state index is 11.7. The van der Waals surface area contributed by atoms with Crippen LogP contribution in [0.4, 0.5) is 0 Å². The molecule has 2 atom stereocenters. The third-order valence-electron chi connectivity index (χ3n) is 5.99. The predicted molar refractivity (Wildman–Crippen MR) is 110 cm³/mol. The van der Waals surface area contributed by atoms with Crippen LogP contribution >= 0.6 is 15.9 Å². The van der Waals surface area contributed by atoms with Gasteiger partial charge in [0, 0.05) is 24.1 Å². The van der Waals surface area contributed by atoms with Crippen molar-refractivity contribution in [2.24, 2.45) is 11.8 Å². The molecule has 0 saturated carbocycles. The molecule has 1 aromatic carbocycles. The van der Waals surface area contributed by atoms with E-state index in [9.17, 15) is 4.79 Å². The Morgan fingerprint density at radius 2 is 2.11 bits per heavy atom. The van der Waals surface area contributed by atoms with Crippen LogP contribution in [0.25, 0.3) is 0 Å². The molecule has 2 aliphatic rings. The first-order valence-electron chi connectivity index (χ1n) is 10.0. The number of carbonyl (C=O) groups is 1. The first kappa shape index (κ1) is 20.6. The van der Waals surface area contributed by atoms with Crippen molar-refractivity contribution in [1.82, 2.24) is 9.80 Å². The number of piperidine rings is 1. The van der Waals surface area contributed by atoms with Gasteiger partial charge in [0.25, 0.3) is 0 Å². The molecule has 5 nitrogen and oxygen atoms in total. The number of nitrogens with zero attached hydrogens (tertiary/aromatic N) is 2. The highest BCUT2D eigenvalue weighted by molar-refractivity contribution is 9.10. The predicted octanol–water partition coefficient (Wildman–Crippen LogP) is 2.94. The van der Waals surface area contributed by atoms with Gasteiger partial charge in [0.05, 0.1) is 7.11 Å². The first-order valence-corrected chi connectivity index (χ1v) is 10.8. The number of likely N-dealkylation sites (tertiary alicyclic amines) is 2. The number of aliphatic hydroxyl groups excluding tert-OH is 1. The van der Waals surface area contributed by atoms with E-state index in [2.05, 4.69) is 33.0 Å². The highest BCUT2D eigenvalue weighted by atomic mass is 79.9. The van der Waals surface area contributed by atoms with Crippen molar-refractivity contribution in [3.8, 4) is 5.75 Å². The number of amides is 1. The van der Waals surface area contributed by atoms with Gasteiger partial charge in [-0.1, -0.05) is 15.9 Å². The van der Waals surface area contributed by atoms with Crippen molar-refractivity contribution in [2.75, 3.05) is 46.4 Å². The number of aliphatic hydroxyl groups is 1. The van der Waals surface area contributed by atoms with Crippen molar-refractivity contribution >= 4 is 21.8 Å². The molecule has 1 aromatic rings. The van der Waals surface area contributed by atoms with E-state index in [1.54, 1.807) is 7.11 Å². The lowest BCUT2D eigenvalue weighted by Gasteiger charge is -2.33. The van der Waals surface area contributed by atoms with Crippen molar-refractivity contribution in [3.05, 3.63) is 28.2 Å². The second kappa shape index (κ2) is 9.89. The van der Waals surface area contributed by atoms with Crippen LogP contribution in [0.2, 0.25) is 0 Å². The number of rotatable bonds is 7. The minimum Gasteiger partial charge on any atom is -0.497 e. The fraction of sp³-hybridized carbons (Fsp3) is 0.667. The Labute approximate surface area is 170 Å². The number of methoxy groups -OCH3 is 1. The van der Waals surface area contributed by atoms with Gasteiger partial charge in [-0.25, -0.2) is 0 Å². The smallest absolute Gasteiger partial charge is 0.248 e. The monoisotopic (exact) mass is 438 g/mol. The lowest BCUT2D eigenvalue weighted by atomic mass is 9.94. The quantitative estimate of drug-likeness (QED) is 0.710. The molecule has 150 valence electrons. The van der Waals surface area contributed by atoms with Gasteiger partial charge in [-0.3, -0.25) is 4.79 Å². The van der Waals surface area contributed by atoms with Gasteiger partial charge in [-0.2, -0.15) is 0 Å². The summed E-state index contributed by atoms with van der Waals surface area (Å²) in [7, 11) is 1.71. The number of ether oxygens (including phenoxy) is 1. The number of benzene rings is 1. The van der Waals surface area contributed by atoms with E-state index in [1.165, 1.54) is 18.4 Å². The fourth-order valence-corrected chi connectivity index (χ4v) is 4.83. The molecule has 0 aliphatic carbocycles. The summed E-state index contributed by atoms with van der Waals surface area (Å²) < 4.78 is 6.52. The normalized spacial score (nSPS) is 23.6. The highest BCUT2D eigenvalue weighted by Gasteiger charge is 2.26. The zero-order chi connectivity index (χ0) is 19.2. The van der Waals surface area contributed by atoms with Crippen LogP contribution in [0, 0.1) is 11.8 Å². The number of hydrogen-bond acceptors (Lipinski definition) is 4. The van der Waals surface area contributed by atoms with Gasteiger partial charge < -0.3 is 19.6 Å². The van der Waals surface area contributed by atoms with E-state index < -0.39 is 0 Å². The minimum absolute atomic E-state index is 0.121. The number of hydrogen-bond donors (Lipinski definition) is 1.